The molecule has 28 heavy (non-hydrogen) atoms. The number of hydrogen-bond acceptors (Lipinski definition) is 5. The van der Waals surface area contributed by atoms with Gasteiger partial charge in [-0.2, -0.15) is 11.8 Å². The van der Waals surface area contributed by atoms with E-state index in [1.54, 1.807) is 35.2 Å². The van der Waals surface area contributed by atoms with Gasteiger partial charge in [0.1, 0.15) is 6.04 Å². The molecular formula is C20H26BrN3O2S2. The minimum Gasteiger partial charge on any atom is -0.354 e. The molecule has 0 fully saturated rings. The van der Waals surface area contributed by atoms with Crippen LogP contribution in [0.3, 0.4) is 0 Å². The molecule has 2 rings (SSSR count). The molecule has 1 heterocycles. The number of nitrogens with zero attached hydrogens (tertiary/aromatic N) is 1. The highest BCUT2D eigenvalue weighted by Gasteiger charge is 2.21. The van der Waals surface area contributed by atoms with Crippen LogP contribution < -0.4 is 10.6 Å². The summed E-state index contributed by atoms with van der Waals surface area (Å²) in [7, 11) is 0. The number of aryl methyl sites for hydroxylation is 2. The Hall–Kier alpha value is -1.38. The van der Waals surface area contributed by atoms with Crippen molar-refractivity contribution >= 4 is 50.8 Å². The zero-order valence-electron chi connectivity index (χ0n) is 16.2. The number of carbonyl (C=O) groups is 2. The first kappa shape index (κ1) is 22.9. The second-order valence-electron chi connectivity index (χ2n) is 6.42. The van der Waals surface area contributed by atoms with Crippen LogP contribution in [0.2, 0.25) is 0 Å². The molecule has 8 heteroatoms. The summed E-state index contributed by atoms with van der Waals surface area (Å²) in [6, 6.07) is 6.68. The lowest BCUT2D eigenvalue weighted by atomic mass is 10.1. The highest BCUT2D eigenvalue weighted by atomic mass is 79.9. The summed E-state index contributed by atoms with van der Waals surface area (Å²) in [5.41, 5.74) is 1.59. The second kappa shape index (κ2) is 12.2. The van der Waals surface area contributed by atoms with E-state index >= 15 is 0 Å². The molecule has 1 atom stereocenters. The van der Waals surface area contributed by atoms with E-state index in [0.29, 0.717) is 23.0 Å². The summed E-state index contributed by atoms with van der Waals surface area (Å²) in [6.07, 6.45) is 5.39. The maximum Gasteiger partial charge on any atom is 0.253 e. The Balaban J connectivity index is 1.81. The van der Waals surface area contributed by atoms with Crippen molar-refractivity contribution in [3.63, 3.8) is 0 Å². The minimum atomic E-state index is -0.534. The summed E-state index contributed by atoms with van der Waals surface area (Å²) in [5, 5.41) is 9.04. The van der Waals surface area contributed by atoms with Gasteiger partial charge < -0.3 is 10.6 Å². The van der Waals surface area contributed by atoms with Gasteiger partial charge in [-0.3, -0.25) is 9.59 Å². The summed E-state index contributed by atoms with van der Waals surface area (Å²) in [5.74, 6) is 0.435. The van der Waals surface area contributed by atoms with Crippen LogP contribution in [0.15, 0.2) is 34.1 Å². The monoisotopic (exact) mass is 483 g/mol. The van der Waals surface area contributed by atoms with E-state index in [-0.39, 0.29) is 11.8 Å². The van der Waals surface area contributed by atoms with Crippen LogP contribution in [0.25, 0.3) is 0 Å². The molecule has 0 radical (unpaired) electrons. The first-order valence-electron chi connectivity index (χ1n) is 9.24. The zero-order chi connectivity index (χ0) is 20.4. The Morgan fingerprint density at radius 2 is 2.07 bits per heavy atom. The molecule has 1 unspecified atom stereocenters. The molecule has 2 aromatic rings. The Morgan fingerprint density at radius 1 is 1.29 bits per heavy atom. The summed E-state index contributed by atoms with van der Waals surface area (Å²) in [4.78, 5) is 29.6. The maximum atomic E-state index is 12.6. The molecule has 0 bridgehead atoms. The van der Waals surface area contributed by atoms with Gasteiger partial charge in [-0.05, 0) is 72.7 Å². The molecule has 1 aromatic heterocycles. The highest BCUT2D eigenvalue weighted by molar-refractivity contribution is 9.10. The van der Waals surface area contributed by atoms with E-state index in [2.05, 4.69) is 36.9 Å². The number of thioether (sulfide) groups is 1. The first-order valence-corrected chi connectivity index (χ1v) is 12.3. The SMILES string of the molecule is CSCCC(NC(=O)c1ccccc1Br)C(=O)NCCCCc1nc(C)cs1. The number of nitrogens with one attached hydrogen (secondary N) is 2. The van der Waals surface area contributed by atoms with Gasteiger partial charge in [-0.1, -0.05) is 12.1 Å². The van der Waals surface area contributed by atoms with Crippen LogP contribution in [0, 0.1) is 6.92 Å². The number of unbranched alkanes of at least 4 members (excludes halogenated alkanes) is 1. The third-order valence-corrected chi connectivity index (χ3v) is 6.50. The highest BCUT2D eigenvalue weighted by Crippen LogP contribution is 2.16. The average Bonchev–Trinajstić information content (AvgIpc) is 3.10. The summed E-state index contributed by atoms with van der Waals surface area (Å²) < 4.78 is 0.717. The number of halogens is 1. The fourth-order valence-electron chi connectivity index (χ4n) is 2.64. The van der Waals surface area contributed by atoms with Gasteiger partial charge in [-0.15, -0.1) is 11.3 Å². The Morgan fingerprint density at radius 3 is 2.75 bits per heavy atom. The van der Waals surface area contributed by atoms with E-state index in [4.69, 9.17) is 0 Å². The zero-order valence-corrected chi connectivity index (χ0v) is 19.4. The molecule has 1 aromatic carbocycles. The topological polar surface area (TPSA) is 71.1 Å². The molecule has 0 aliphatic carbocycles. The fraction of sp³-hybridized carbons (Fsp3) is 0.450. The molecule has 2 amide bonds. The third-order valence-electron chi connectivity index (χ3n) is 4.13. The van der Waals surface area contributed by atoms with E-state index in [1.165, 1.54) is 0 Å². The number of aromatic nitrogens is 1. The molecule has 0 spiro atoms. The lowest BCUT2D eigenvalue weighted by Crippen LogP contribution is -2.47. The minimum absolute atomic E-state index is 0.125. The summed E-state index contributed by atoms with van der Waals surface area (Å²) >= 11 is 6.73. The number of thiazole rings is 1. The standard InChI is InChI=1S/C20H26BrN3O2S2/c1-14-13-28-18(23-14)9-5-6-11-22-20(26)17(10-12-27-2)24-19(25)15-7-3-4-8-16(15)21/h3-4,7-8,13,17H,5-6,9-12H2,1-2H3,(H,22,26)(H,24,25). The van der Waals surface area contributed by atoms with Crippen molar-refractivity contribution in [1.29, 1.82) is 0 Å². The van der Waals surface area contributed by atoms with Crippen LogP contribution in [0.1, 0.15) is 40.3 Å². The molecule has 0 saturated carbocycles. The van der Waals surface area contributed by atoms with Gasteiger partial charge in [0.05, 0.1) is 10.6 Å². The molecule has 0 aliphatic rings. The predicted molar refractivity (Wildman–Crippen MR) is 121 cm³/mol. The Labute approximate surface area is 183 Å². The molecule has 152 valence electrons. The van der Waals surface area contributed by atoms with Crippen molar-refractivity contribution in [2.45, 2.75) is 38.6 Å². The molecular weight excluding hydrogens is 458 g/mol. The van der Waals surface area contributed by atoms with E-state index < -0.39 is 6.04 Å². The number of hydrogen-bond donors (Lipinski definition) is 2. The maximum absolute atomic E-state index is 12.6. The van der Waals surface area contributed by atoms with Gasteiger partial charge in [0.2, 0.25) is 5.91 Å². The molecule has 5 nitrogen and oxygen atoms in total. The quantitative estimate of drug-likeness (QED) is 0.469. The Bertz CT molecular complexity index is 782. The van der Waals surface area contributed by atoms with E-state index in [0.717, 1.165) is 35.7 Å². The number of rotatable bonds is 11. The van der Waals surface area contributed by atoms with Crippen LogP contribution >= 0.6 is 39.0 Å². The van der Waals surface area contributed by atoms with Crippen LogP contribution in [-0.4, -0.2) is 41.4 Å². The predicted octanol–water partition coefficient (Wildman–Crippen LogP) is 4.20. The lowest BCUT2D eigenvalue weighted by Gasteiger charge is -2.18. The van der Waals surface area contributed by atoms with E-state index in [1.807, 2.05) is 25.3 Å². The van der Waals surface area contributed by atoms with Gasteiger partial charge in [-0.25, -0.2) is 4.98 Å². The number of benzene rings is 1. The van der Waals surface area contributed by atoms with Gasteiger partial charge >= 0.3 is 0 Å². The van der Waals surface area contributed by atoms with Crippen LogP contribution in [-0.2, 0) is 11.2 Å². The molecule has 0 saturated heterocycles. The van der Waals surface area contributed by atoms with Gasteiger partial charge in [0.15, 0.2) is 0 Å². The first-order chi connectivity index (χ1) is 13.5. The van der Waals surface area contributed by atoms with Crippen LogP contribution in [0.5, 0.6) is 0 Å². The lowest BCUT2D eigenvalue weighted by molar-refractivity contribution is -0.123. The van der Waals surface area contributed by atoms with Crippen molar-refractivity contribution in [2.75, 3.05) is 18.6 Å². The summed E-state index contributed by atoms with van der Waals surface area (Å²) in [6.45, 7) is 2.60. The number of amides is 2. The Kier molecular flexibility index (Phi) is 10.0. The fourth-order valence-corrected chi connectivity index (χ4v) is 4.39. The second-order valence-corrected chi connectivity index (χ2v) is 9.20. The van der Waals surface area contributed by atoms with Crippen molar-refractivity contribution < 1.29 is 9.59 Å². The molecule has 2 N–H and O–H groups in total. The molecule has 0 aliphatic heterocycles. The normalized spacial score (nSPS) is 11.8. The van der Waals surface area contributed by atoms with Crippen LogP contribution in [0.4, 0.5) is 0 Å². The van der Waals surface area contributed by atoms with Gasteiger partial charge in [0, 0.05) is 22.1 Å². The largest absolute Gasteiger partial charge is 0.354 e. The van der Waals surface area contributed by atoms with Gasteiger partial charge in [0.25, 0.3) is 5.91 Å². The van der Waals surface area contributed by atoms with Crippen molar-refractivity contribution in [1.82, 2.24) is 15.6 Å². The van der Waals surface area contributed by atoms with Crippen molar-refractivity contribution in [3.05, 3.63) is 50.4 Å². The smallest absolute Gasteiger partial charge is 0.253 e. The van der Waals surface area contributed by atoms with Crippen molar-refractivity contribution in [3.8, 4) is 0 Å². The average molecular weight is 484 g/mol. The number of carbonyl (C=O) groups excluding carboxylic acids is 2. The third kappa shape index (κ3) is 7.56. The van der Waals surface area contributed by atoms with Crippen molar-refractivity contribution in [2.24, 2.45) is 0 Å². The van der Waals surface area contributed by atoms with E-state index in [9.17, 15) is 9.59 Å².